The first-order chi connectivity index (χ1) is 14.1. The van der Waals surface area contributed by atoms with Gasteiger partial charge in [0, 0.05) is 51.6 Å². The number of carbonyl (C=O) groups is 1. The van der Waals surface area contributed by atoms with E-state index in [0.717, 1.165) is 45.1 Å². The number of piperidine rings is 1. The van der Waals surface area contributed by atoms with Crippen LogP contribution in [0.2, 0.25) is 0 Å². The van der Waals surface area contributed by atoms with Crippen LogP contribution >= 0.6 is 24.0 Å². The molecule has 30 heavy (non-hydrogen) atoms. The first kappa shape index (κ1) is 24.9. The third kappa shape index (κ3) is 8.06. The molecule has 2 heterocycles. The fraction of sp³-hybridized carbons (Fsp3) is 0.652. The average molecular weight is 527 g/mol. The van der Waals surface area contributed by atoms with Crippen LogP contribution in [0.15, 0.2) is 35.3 Å². The van der Waals surface area contributed by atoms with Crippen molar-refractivity contribution in [1.82, 2.24) is 20.4 Å². The quantitative estimate of drug-likeness (QED) is 0.310. The van der Waals surface area contributed by atoms with E-state index in [9.17, 15) is 4.79 Å². The molecule has 0 radical (unpaired) electrons. The smallest absolute Gasteiger partial charge is 0.223 e. The van der Waals surface area contributed by atoms with Crippen molar-refractivity contribution >= 4 is 35.8 Å². The molecule has 2 aliphatic heterocycles. The van der Waals surface area contributed by atoms with Gasteiger partial charge in [-0.15, -0.1) is 24.0 Å². The first-order valence-electron chi connectivity index (χ1n) is 11.2. The van der Waals surface area contributed by atoms with E-state index in [1.54, 1.807) is 0 Å². The molecule has 2 aliphatic rings. The second-order valence-corrected chi connectivity index (χ2v) is 8.52. The van der Waals surface area contributed by atoms with Gasteiger partial charge in [0.1, 0.15) is 0 Å². The van der Waals surface area contributed by atoms with Crippen LogP contribution in [-0.4, -0.2) is 74.5 Å². The normalized spacial score (nSPS) is 22.7. The maximum Gasteiger partial charge on any atom is 0.223 e. The van der Waals surface area contributed by atoms with Gasteiger partial charge in [-0.2, -0.15) is 0 Å². The highest BCUT2D eigenvalue weighted by molar-refractivity contribution is 14.0. The summed E-state index contributed by atoms with van der Waals surface area (Å²) < 4.78 is 0. The molecule has 3 rings (SSSR count). The molecule has 2 saturated heterocycles. The average Bonchev–Trinajstić information content (AvgIpc) is 3.09. The summed E-state index contributed by atoms with van der Waals surface area (Å²) in [6.07, 6.45) is 4.09. The Hall–Kier alpha value is -1.35. The van der Waals surface area contributed by atoms with Gasteiger partial charge in [0.15, 0.2) is 5.96 Å². The molecular formula is C23H38IN5O. The number of aliphatic imine (C=N–C) groups is 1. The molecule has 2 fully saturated rings. The maximum atomic E-state index is 12.4. The van der Waals surface area contributed by atoms with E-state index in [0.29, 0.717) is 24.8 Å². The molecule has 2 atom stereocenters. The lowest BCUT2D eigenvalue weighted by Crippen LogP contribution is -2.43. The fourth-order valence-electron chi connectivity index (χ4n) is 4.34. The Morgan fingerprint density at radius 2 is 1.97 bits per heavy atom. The van der Waals surface area contributed by atoms with Crippen molar-refractivity contribution < 1.29 is 4.79 Å². The third-order valence-corrected chi connectivity index (χ3v) is 5.94. The predicted molar refractivity (Wildman–Crippen MR) is 134 cm³/mol. The van der Waals surface area contributed by atoms with E-state index in [1.807, 2.05) is 11.0 Å². The molecule has 0 aromatic heterocycles. The topological polar surface area (TPSA) is 60.0 Å². The highest BCUT2D eigenvalue weighted by atomic mass is 127. The number of carbonyl (C=O) groups excluding carboxylic acids is 1. The molecule has 1 aromatic rings. The molecule has 1 aromatic carbocycles. The number of halogens is 1. The number of hydrogen-bond donors (Lipinski definition) is 2. The van der Waals surface area contributed by atoms with Crippen LogP contribution in [0.5, 0.6) is 0 Å². The second kappa shape index (κ2) is 13.1. The van der Waals surface area contributed by atoms with Crippen LogP contribution in [0.1, 0.15) is 31.7 Å². The number of nitrogens with one attached hydrogen (secondary N) is 2. The van der Waals surface area contributed by atoms with Crippen molar-refractivity contribution in [2.75, 3.05) is 52.9 Å². The van der Waals surface area contributed by atoms with E-state index in [-0.39, 0.29) is 29.9 Å². The van der Waals surface area contributed by atoms with Gasteiger partial charge in [0.25, 0.3) is 0 Å². The molecule has 6 nitrogen and oxygen atoms in total. The van der Waals surface area contributed by atoms with Crippen molar-refractivity contribution in [2.45, 2.75) is 32.6 Å². The largest absolute Gasteiger partial charge is 0.357 e. The Morgan fingerprint density at radius 3 is 2.70 bits per heavy atom. The first-order valence-corrected chi connectivity index (χ1v) is 11.2. The van der Waals surface area contributed by atoms with Gasteiger partial charge in [-0.3, -0.25) is 9.79 Å². The summed E-state index contributed by atoms with van der Waals surface area (Å²) in [6.45, 7) is 8.59. The van der Waals surface area contributed by atoms with Crippen molar-refractivity contribution in [3.63, 3.8) is 0 Å². The van der Waals surface area contributed by atoms with Gasteiger partial charge in [0.05, 0.1) is 0 Å². The molecule has 0 bridgehead atoms. The SMILES string of the molecule is CCNC(=NCC1CC(=O)N(CCc2ccccc2)C1)NCC1CCCN(C)C1.I. The molecule has 7 heteroatoms. The van der Waals surface area contributed by atoms with E-state index in [4.69, 9.17) is 4.99 Å². The number of rotatable bonds is 8. The van der Waals surface area contributed by atoms with E-state index < -0.39 is 0 Å². The lowest BCUT2D eigenvalue weighted by Gasteiger charge is -2.30. The van der Waals surface area contributed by atoms with E-state index in [1.165, 1.54) is 24.9 Å². The summed E-state index contributed by atoms with van der Waals surface area (Å²) >= 11 is 0. The Kier molecular flexibility index (Phi) is 10.9. The zero-order chi connectivity index (χ0) is 20.5. The number of benzene rings is 1. The summed E-state index contributed by atoms with van der Waals surface area (Å²) in [4.78, 5) is 21.6. The van der Waals surface area contributed by atoms with Crippen molar-refractivity contribution in [3.8, 4) is 0 Å². The van der Waals surface area contributed by atoms with Crippen LogP contribution in [0.3, 0.4) is 0 Å². The summed E-state index contributed by atoms with van der Waals surface area (Å²) in [6, 6.07) is 10.4. The molecule has 2 N–H and O–H groups in total. The molecular weight excluding hydrogens is 489 g/mol. The fourth-order valence-corrected chi connectivity index (χ4v) is 4.34. The van der Waals surface area contributed by atoms with Gasteiger partial charge >= 0.3 is 0 Å². The zero-order valence-electron chi connectivity index (χ0n) is 18.5. The standard InChI is InChI=1S/C23H37N5O.HI/c1-3-24-23(25-15-20-10-7-12-27(2)17-20)26-16-21-14-22(29)28(18-21)13-11-19-8-5-4-6-9-19;/h4-6,8-9,20-21H,3,7,10-18H2,1-2H3,(H2,24,25,26);1H. The van der Waals surface area contributed by atoms with Crippen LogP contribution in [0, 0.1) is 11.8 Å². The van der Waals surface area contributed by atoms with Gasteiger partial charge < -0.3 is 20.4 Å². The van der Waals surface area contributed by atoms with Crippen LogP contribution in [0.25, 0.3) is 0 Å². The van der Waals surface area contributed by atoms with Crippen molar-refractivity contribution in [2.24, 2.45) is 16.8 Å². The minimum atomic E-state index is 0. The van der Waals surface area contributed by atoms with Gasteiger partial charge in [-0.1, -0.05) is 30.3 Å². The third-order valence-electron chi connectivity index (χ3n) is 5.94. The van der Waals surface area contributed by atoms with E-state index >= 15 is 0 Å². The number of amides is 1. The Balaban J connectivity index is 0.00000320. The van der Waals surface area contributed by atoms with E-state index in [2.05, 4.69) is 53.8 Å². The number of nitrogens with zero attached hydrogens (tertiary/aromatic N) is 3. The monoisotopic (exact) mass is 527 g/mol. The number of likely N-dealkylation sites (tertiary alicyclic amines) is 2. The Bertz CT molecular complexity index is 669. The van der Waals surface area contributed by atoms with Gasteiger partial charge in [-0.05, 0) is 51.3 Å². The minimum absolute atomic E-state index is 0. The van der Waals surface area contributed by atoms with Crippen LogP contribution in [0.4, 0.5) is 0 Å². The molecule has 1 amide bonds. The van der Waals surface area contributed by atoms with Crippen molar-refractivity contribution in [1.29, 1.82) is 0 Å². The second-order valence-electron chi connectivity index (χ2n) is 8.52. The highest BCUT2D eigenvalue weighted by Crippen LogP contribution is 2.19. The summed E-state index contributed by atoms with van der Waals surface area (Å²) in [5.74, 6) is 2.15. The number of guanidine groups is 1. The molecule has 2 unspecified atom stereocenters. The molecule has 0 spiro atoms. The summed E-state index contributed by atoms with van der Waals surface area (Å²) in [5.41, 5.74) is 1.29. The summed E-state index contributed by atoms with van der Waals surface area (Å²) in [5, 5.41) is 6.87. The zero-order valence-corrected chi connectivity index (χ0v) is 20.8. The Morgan fingerprint density at radius 1 is 1.17 bits per heavy atom. The predicted octanol–water partition coefficient (Wildman–Crippen LogP) is 2.59. The maximum absolute atomic E-state index is 12.4. The molecule has 0 saturated carbocycles. The Labute approximate surface area is 198 Å². The number of hydrogen-bond acceptors (Lipinski definition) is 3. The van der Waals surface area contributed by atoms with Crippen molar-refractivity contribution in [3.05, 3.63) is 35.9 Å². The van der Waals surface area contributed by atoms with Crippen LogP contribution in [-0.2, 0) is 11.2 Å². The molecule has 168 valence electrons. The minimum Gasteiger partial charge on any atom is -0.357 e. The lowest BCUT2D eigenvalue weighted by atomic mass is 9.99. The van der Waals surface area contributed by atoms with Gasteiger partial charge in [0.2, 0.25) is 5.91 Å². The lowest BCUT2D eigenvalue weighted by molar-refractivity contribution is -0.127. The molecule has 0 aliphatic carbocycles. The van der Waals surface area contributed by atoms with Crippen LogP contribution < -0.4 is 10.6 Å². The summed E-state index contributed by atoms with van der Waals surface area (Å²) in [7, 11) is 2.20. The van der Waals surface area contributed by atoms with Gasteiger partial charge in [-0.25, -0.2) is 0 Å². The highest BCUT2D eigenvalue weighted by Gasteiger charge is 2.29.